The molecule has 19 heavy (non-hydrogen) atoms. The molecule has 1 aliphatic carbocycles. The average Bonchev–Trinajstić information content (AvgIpc) is 2.72. The van der Waals surface area contributed by atoms with Crippen LogP contribution in [-0.4, -0.2) is 34.3 Å². The Hall–Kier alpha value is -1.15. The second-order valence-corrected chi connectivity index (χ2v) is 6.43. The summed E-state index contributed by atoms with van der Waals surface area (Å²) in [7, 11) is 0. The third kappa shape index (κ3) is 4.17. The van der Waals surface area contributed by atoms with Crippen LogP contribution in [0.25, 0.3) is 0 Å². The van der Waals surface area contributed by atoms with Gasteiger partial charge < -0.3 is 10.6 Å². The van der Waals surface area contributed by atoms with Gasteiger partial charge in [-0.05, 0) is 19.8 Å². The van der Waals surface area contributed by atoms with Gasteiger partial charge in [-0.3, -0.25) is 9.59 Å². The van der Waals surface area contributed by atoms with Crippen LogP contribution in [0.2, 0.25) is 0 Å². The number of anilines is 1. The van der Waals surface area contributed by atoms with Gasteiger partial charge in [-0.15, -0.1) is 10.2 Å². The number of hydrogen-bond acceptors (Lipinski definition) is 6. The minimum atomic E-state index is -0.0252. The molecule has 104 valence electrons. The minimum Gasteiger partial charge on any atom is -0.356 e. The number of thioether (sulfide) groups is 1. The summed E-state index contributed by atoms with van der Waals surface area (Å²) >= 11 is 2.63. The van der Waals surface area contributed by atoms with E-state index in [1.54, 1.807) is 0 Å². The first kappa shape index (κ1) is 14.3. The van der Waals surface area contributed by atoms with Crippen LogP contribution in [-0.2, 0) is 9.59 Å². The molecule has 8 heteroatoms. The Morgan fingerprint density at radius 1 is 1.42 bits per heavy atom. The van der Waals surface area contributed by atoms with Crippen LogP contribution in [0.3, 0.4) is 0 Å². The largest absolute Gasteiger partial charge is 0.356 e. The molecule has 1 aliphatic rings. The zero-order chi connectivity index (χ0) is 13.7. The molecule has 2 rings (SSSR count). The van der Waals surface area contributed by atoms with Crippen molar-refractivity contribution < 1.29 is 9.59 Å². The van der Waals surface area contributed by atoms with Crippen LogP contribution in [0.15, 0.2) is 4.34 Å². The number of nitrogens with one attached hydrogen (secondary N) is 2. The molecule has 2 N–H and O–H groups in total. The number of amides is 2. The van der Waals surface area contributed by atoms with Gasteiger partial charge in [0.25, 0.3) is 0 Å². The van der Waals surface area contributed by atoms with E-state index in [0.717, 1.165) is 19.3 Å². The molecule has 0 radical (unpaired) electrons. The van der Waals surface area contributed by atoms with Crippen molar-refractivity contribution in [1.29, 1.82) is 0 Å². The molecular weight excluding hydrogens is 284 g/mol. The number of nitrogens with zero attached hydrogens (tertiary/aromatic N) is 2. The molecule has 0 unspecified atom stereocenters. The van der Waals surface area contributed by atoms with E-state index in [1.165, 1.54) is 23.1 Å². The van der Waals surface area contributed by atoms with Crippen molar-refractivity contribution in [3.63, 3.8) is 0 Å². The van der Waals surface area contributed by atoms with Crippen LogP contribution >= 0.6 is 23.1 Å². The average molecular weight is 300 g/mol. The van der Waals surface area contributed by atoms with E-state index in [4.69, 9.17) is 0 Å². The molecule has 0 atom stereocenters. The van der Waals surface area contributed by atoms with Gasteiger partial charge in [-0.2, -0.15) is 0 Å². The van der Waals surface area contributed by atoms with Crippen molar-refractivity contribution in [2.75, 3.05) is 17.6 Å². The highest BCUT2D eigenvalue weighted by atomic mass is 32.2. The number of hydrogen-bond donors (Lipinski definition) is 2. The first-order valence-electron chi connectivity index (χ1n) is 6.23. The van der Waals surface area contributed by atoms with E-state index in [-0.39, 0.29) is 17.7 Å². The lowest BCUT2D eigenvalue weighted by molar-refractivity contribution is -0.122. The maximum absolute atomic E-state index is 11.7. The smallest absolute Gasteiger partial charge is 0.230 e. The Kier molecular flexibility index (Phi) is 5.15. The van der Waals surface area contributed by atoms with Gasteiger partial charge in [0, 0.05) is 12.5 Å². The van der Waals surface area contributed by atoms with E-state index in [0.29, 0.717) is 21.8 Å². The van der Waals surface area contributed by atoms with E-state index in [9.17, 15) is 9.59 Å². The van der Waals surface area contributed by atoms with Crippen LogP contribution in [0, 0.1) is 5.92 Å². The second kappa shape index (κ2) is 6.85. The van der Waals surface area contributed by atoms with Gasteiger partial charge in [-0.25, -0.2) is 0 Å². The van der Waals surface area contributed by atoms with Crippen molar-refractivity contribution in [1.82, 2.24) is 15.5 Å². The van der Waals surface area contributed by atoms with Crippen LogP contribution < -0.4 is 10.6 Å². The van der Waals surface area contributed by atoms with E-state index < -0.39 is 0 Å². The molecule has 2 amide bonds. The molecule has 1 aromatic rings. The molecular formula is C11H16N4O2S2. The first-order valence-corrected chi connectivity index (χ1v) is 8.03. The van der Waals surface area contributed by atoms with Gasteiger partial charge in [0.1, 0.15) is 0 Å². The number of rotatable bonds is 6. The maximum Gasteiger partial charge on any atom is 0.230 e. The Balaban J connectivity index is 1.78. The summed E-state index contributed by atoms with van der Waals surface area (Å²) in [5.74, 6) is 0.458. The fraction of sp³-hybridized carbons (Fsp3) is 0.636. The molecule has 6 nitrogen and oxygen atoms in total. The van der Waals surface area contributed by atoms with E-state index in [1.807, 2.05) is 6.92 Å². The van der Waals surface area contributed by atoms with Gasteiger partial charge in [0.2, 0.25) is 16.9 Å². The third-order valence-electron chi connectivity index (χ3n) is 2.81. The summed E-state index contributed by atoms with van der Waals surface area (Å²) in [6, 6.07) is 0. The summed E-state index contributed by atoms with van der Waals surface area (Å²) in [6.07, 6.45) is 3.05. The zero-order valence-electron chi connectivity index (χ0n) is 10.6. The highest BCUT2D eigenvalue weighted by molar-refractivity contribution is 8.01. The van der Waals surface area contributed by atoms with Crippen LogP contribution in [0.1, 0.15) is 26.2 Å². The molecule has 1 heterocycles. The van der Waals surface area contributed by atoms with Crippen LogP contribution in [0.4, 0.5) is 5.13 Å². The first-order chi connectivity index (χ1) is 9.19. The Bertz CT molecular complexity index is 459. The van der Waals surface area contributed by atoms with Crippen molar-refractivity contribution in [3.05, 3.63) is 0 Å². The molecule has 1 fully saturated rings. The van der Waals surface area contributed by atoms with Gasteiger partial charge >= 0.3 is 0 Å². The Labute approximate surface area is 119 Å². The standard InChI is InChI=1S/C11H16N4O2S2/c1-2-12-8(16)6-18-11-15-14-10(19-11)13-9(17)7-4-3-5-7/h7H,2-6H2,1H3,(H,12,16)(H,13,14,17). The molecule has 0 aliphatic heterocycles. The molecule has 0 aromatic carbocycles. The van der Waals surface area contributed by atoms with Crippen molar-refractivity contribution in [2.45, 2.75) is 30.5 Å². The quantitative estimate of drug-likeness (QED) is 0.614. The fourth-order valence-electron chi connectivity index (χ4n) is 1.57. The number of carbonyl (C=O) groups is 2. The molecule has 1 aromatic heterocycles. The van der Waals surface area contributed by atoms with Crippen molar-refractivity contribution in [3.8, 4) is 0 Å². The van der Waals surface area contributed by atoms with Crippen LogP contribution in [0.5, 0.6) is 0 Å². The van der Waals surface area contributed by atoms with Crippen molar-refractivity contribution >= 4 is 40.0 Å². The monoisotopic (exact) mass is 300 g/mol. The lowest BCUT2D eigenvalue weighted by Gasteiger charge is -2.23. The lowest BCUT2D eigenvalue weighted by atomic mass is 9.85. The fourth-order valence-corrected chi connectivity index (χ4v) is 3.16. The van der Waals surface area contributed by atoms with Gasteiger partial charge in [0.05, 0.1) is 5.75 Å². The van der Waals surface area contributed by atoms with Gasteiger partial charge in [-0.1, -0.05) is 29.5 Å². The summed E-state index contributed by atoms with van der Waals surface area (Å²) in [6.45, 7) is 2.50. The minimum absolute atomic E-state index is 0.0252. The number of aromatic nitrogens is 2. The summed E-state index contributed by atoms with van der Waals surface area (Å²) in [4.78, 5) is 23.0. The topological polar surface area (TPSA) is 84.0 Å². The molecule has 0 saturated heterocycles. The molecule has 0 bridgehead atoms. The highest BCUT2D eigenvalue weighted by Gasteiger charge is 2.25. The van der Waals surface area contributed by atoms with E-state index in [2.05, 4.69) is 20.8 Å². The van der Waals surface area contributed by atoms with Crippen molar-refractivity contribution in [2.24, 2.45) is 5.92 Å². The summed E-state index contributed by atoms with van der Waals surface area (Å²) < 4.78 is 0.690. The zero-order valence-corrected chi connectivity index (χ0v) is 12.3. The predicted molar refractivity (Wildman–Crippen MR) is 75.3 cm³/mol. The Morgan fingerprint density at radius 2 is 2.21 bits per heavy atom. The SMILES string of the molecule is CCNC(=O)CSc1nnc(NC(=O)C2CCC2)s1. The molecule has 1 saturated carbocycles. The second-order valence-electron chi connectivity index (χ2n) is 4.23. The van der Waals surface area contributed by atoms with Gasteiger partial charge in [0.15, 0.2) is 4.34 Å². The molecule has 0 spiro atoms. The predicted octanol–water partition coefficient (Wildman–Crippen LogP) is 1.50. The lowest BCUT2D eigenvalue weighted by Crippen LogP contribution is -2.27. The Morgan fingerprint density at radius 3 is 2.84 bits per heavy atom. The summed E-state index contributed by atoms with van der Waals surface area (Å²) in [5.41, 5.74) is 0. The highest BCUT2D eigenvalue weighted by Crippen LogP contribution is 2.29. The maximum atomic E-state index is 11.7. The third-order valence-corrected chi connectivity index (χ3v) is 4.79. The number of carbonyl (C=O) groups excluding carboxylic acids is 2. The summed E-state index contributed by atoms with van der Waals surface area (Å²) in [5, 5.41) is 13.8. The van der Waals surface area contributed by atoms with E-state index >= 15 is 0 Å². The normalized spacial score (nSPS) is 14.8.